The molecule has 0 spiro atoms. The number of hydrogen-bond donors (Lipinski definition) is 2. The summed E-state index contributed by atoms with van der Waals surface area (Å²) in [6.45, 7) is 0.493. The van der Waals surface area contributed by atoms with E-state index in [0.717, 1.165) is 12.0 Å². The van der Waals surface area contributed by atoms with Gasteiger partial charge in [-0.3, -0.25) is 9.59 Å². The van der Waals surface area contributed by atoms with Gasteiger partial charge in [0.2, 0.25) is 5.91 Å². The predicted octanol–water partition coefficient (Wildman–Crippen LogP) is 0.999. The summed E-state index contributed by atoms with van der Waals surface area (Å²) >= 11 is 0. The van der Waals surface area contributed by atoms with Gasteiger partial charge in [-0.25, -0.2) is 0 Å². The van der Waals surface area contributed by atoms with Crippen LogP contribution in [-0.2, 0) is 20.7 Å². The third kappa shape index (κ3) is 2.69. The highest BCUT2D eigenvalue weighted by atomic mass is 16.5. The molecule has 1 fully saturated rings. The first-order valence-electron chi connectivity index (χ1n) is 7.05. The molecule has 21 heavy (non-hydrogen) atoms. The fourth-order valence-electron chi connectivity index (χ4n) is 3.01. The largest absolute Gasteiger partial charge is 0.481 e. The smallest absolute Gasteiger partial charge is 0.310 e. The van der Waals surface area contributed by atoms with Crippen LogP contribution in [0.3, 0.4) is 0 Å². The van der Waals surface area contributed by atoms with E-state index in [-0.39, 0.29) is 5.91 Å². The minimum atomic E-state index is -0.977. The summed E-state index contributed by atoms with van der Waals surface area (Å²) in [5.74, 6) is -2.63. The number of carbonyl (C=O) groups excluding carboxylic acids is 1. The molecule has 0 saturated carbocycles. The molecule has 1 aromatic carbocycles. The fourth-order valence-corrected chi connectivity index (χ4v) is 3.01. The summed E-state index contributed by atoms with van der Waals surface area (Å²) in [7, 11) is 0. The quantitative estimate of drug-likeness (QED) is 0.792. The van der Waals surface area contributed by atoms with Crippen LogP contribution < -0.4 is 5.32 Å². The molecule has 2 aliphatic heterocycles. The van der Waals surface area contributed by atoms with E-state index < -0.39 is 30.0 Å². The van der Waals surface area contributed by atoms with Gasteiger partial charge in [0.1, 0.15) is 5.92 Å². The molecule has 3 rings (SSSR count). The highest BCUT2D eigenvalue weighted by Crippen LogP contribution is 2.39. The molecule has 4 atom stereocenters. The SMILES string of the molecule is O=C(O)[C@@H]1[C@@H](C(=O)NCCc2ccccc2)[C@@H]2C=C[C@@H]1O2. The standard InChI is InChI=1S/C16H17NO4/c18-15(17-9-8-10-4-2-1-3-5-10)13-11-6-7-12(21-11)14(13)16(19)20/h1-7,11-14H,8-9H2,(H,17,18)(H,19,20)/t11-,12-,13-,14-/m0/s1. The van der Waals surface area contributed by atoms with E-state index in [9.17, 15) is 14.7 Å². The van der Waals surface area contributed by atoms with Crippen LogP contribution in [0.1, 0.15) is 5.56 Å². The zero-order chi connectivity index (χ0) is 14.8. The Morgan fingerprint density at radius 3 is 2.43 bits per heavy atom. The van der Waals surface area contributed by atoms with Crippen LogP contribution in [0, 0.1) is 11.8 Å². The van der Waals surface area contributed by atoms with Crippen molar-refractivity contribution in [2.24, 2.45) is 11.8 Å². The summed E-state index contributed by atoms with van der Waals surface area (Å²) in [5, 5.41) is 12.1. The first-order chi connectivity index (χ1) is 10.2. The number of carbonyl (C=O) groups is 2. The van der Waals surface area contributed by atoms with Crippen LogP contribution in [0.5, 0.6) is 0 Å². The molecule has 0 aromatic heterocycles. The van der Waals surface area contributed by atoms with Gasteiger partial charge < -0.3 is 15.2 Å². The lowest BCUT2D eigenvalue weighted by Gasteiger charge is -2.20. The number of aliphatic carboxylic acids is 1. The molecule has 2 heterocycles. The van der Waals surface area contributed by atoms with Gasteiger partial charge in [-0.1, -0.05) is 42.5 Å². The Balaban J connectivity index is 1.58. The number of carboxylic acid groups (broad SMARTS) is 1. The van der Waals surface area contributed by atoms with Crippen molar-refractivity contribution in [1.29, 1.82) is 0 Å². The molecule has 5 heteroatoms. The van der Waals surface area contributed by atoms with Gasteiger partial charge in [0, 0.05) is 6.54 Å². The third-order valence-electron chi connectivity index (χ3n) is 4.04. The topological polar surface area (TPSA) is 75.6 Å². The highest BCUT2D eigenvalue weighted by molar-refractivity contribution is 5.87. The molecule has 0 radical (unpaired) electrons. The Morgan fingerprint density at radius 2 is 1.76 bits per heavy atom. The summed E-state index contributed by atoms with van der Waals surface area (Å²) in [6.07, 6.45) is 3.36. The zero-order valence-corrected chi connectivity index (χ0v) is 11.4. The Kier molecular flexibility index (Phi) is 3.75. The van der Waals surface area contributed by atoms with Crippen LogP contribution in [0.4, 0.5) is 0 Å². The number of rotatable bonds is 5. The van der Waals surface area contributed by atoms with Gasteiger partial charge in [-0.05, 0) is 12.0 Å². The minimum absolute atomic E-state index is 0.241. The van der Waals surface area contributed by atoms with Crippen LogP contribution in [0.2, 0.25) is 0 Å². The molecule has 0 aliphatic carbocycles. The molecule has 1 aromatic rings. The van der Waals surface area contributed by atoms with Crippen LogP contribution in [0.25, 0.3) is 0 Å². The minimum Gasteiger partial charge on any atom is -0.481 e. The number of fused-ring (bicyclic) bond motifs is 2. The second-order valence-electron chi connectivity index (χ2n) is 5.37. The lowest BCUT2D eigenvalue weighted by atomic mass is 9.82. The van der Waals surface area contributed by atoms with E-state index >= 15 is 0 Å². The molecular weight excluding hydrogens is 270 g/mol. The van der Waals surface area contributed by atoms with E-state index in [1.54, 1.807) is 12.2 Å². The molecule has 2 N–H and O–H groups in total. The van der Waals surface area contributed by atoms with Crippen LogP contribution in [-0.4, -0.2) is 35.7 Å². The van der Waals surface area contributed by atoms with E-state index in [0.29, 0.717) is 6.54 Å². The molecule has 5 nitrogen and oxygen atoms in total. The van der Waals surface area contributed by atoms with Crippen molar-refractivity contribution >= 4 is 11.9 Å². The second kappa shape index (κ2) is 5.69. The van der Waals surface area contributed by atoms with Crippen LogP contribution >= 0.6 is 0 Å². The number of ether oxygens (including phenoxy) is 1. The average Bonchev–Trinajstić information content (AvgIpc) is 3.08. The number of hydrogen-bond acceptors (Lipinski definition) is 3. The van der Waals surface area contributed by atoms with Crippen molar-refractivity contribution in [2.75, 3.05) is 6.54 Å². The van der Waals surface area contributed by atoms with Crippen molar-refractivity contribution in [1.82, 2.24) is 5.32 Å². The van der Waals surface area contributed by atoms with Crippen molar-refractivity contribution in [3.63, 3.8) is 0 Å². The Labute approximate surface area is 122 Å². The number of carboxylic acids is 1. The highest BCUT2D eigenvalue weighted by Gasteiger charge is 2.53. The lowest BCUT2D eigenvalue weighted by Crippen LogP contribution is -2.43. The first kappa shape index (κ1) is 13.8. The Hall–Kier alpha value is -2.14. The first-order valence-corrected chi connectivity index (χ1v) is 7.05. The van der Waals surface area contributed by atoms with Gasteiger partial charge in [0.25, 0.3) is 0 Å². The van der Waals surface area contributed by atoms with Gasteiger partial charge in [0.15, 0.2) is 0 Å². The maximum absolute atomic E-state index is 12.3. The third-order valence-corrected chi connectivity index (χ3v) is 4.04. The van der Waals surface area contributed by atoms with Crippen molar-refractivity contribution in [2.45, 2.75) is 18.6 Å². The maximum atomic E-state index is 12.3. The van der Waals surface area contributed by atoms with Gasteiger partial charge >= 0.3 is 5.97 Å². The fraction of sp³-hybridized carbons (Fsp3) is 0.375. The van der Waals surface area contributed by atoms with E-state index in [4.69, 9.17) is 4.74 Å². The maximum Gasteiger partial charge on any atom is 0.310 e. The Morgan fingerprint density at radius 1 is 1.10 bits per heavy atom. The molecule has 1 saturated heterocycles. The monoisotopic (exact) mass is 287 g/mol. The van der Waals surface area contributed by atoms with E-state index in [1.807, 2.05) is 30.3 Å². The zero-order valence-electron chi connectivity index (χ0n) is 11.4. The van der Waals surface area contributed by atoms with Crippen molar-refractivity contribution in [3.05, 3.63) is 48.0 Å². The number of nitrogens with one attached hydrogen (secondary N) is 1. The summed E-state index contributed by atoms with van der Waals surface area (Å²) in [5.41, 5.74) is 1.14. The lowest BCUT2D eigenvalue weighted by molar-refractivity contribution is -0.146. The Bertz CT molecular complexity index is 569. The second-order valence-corrected chi connectivity index (χ2v) is 5.37. The average molecular weight is 287 g/mol. The van der Waals surface area contributed by atoms with Gasteiger partial charge in [0.05, 0.1) is 18.1 Å². The van der Waals surface area contributed by atoms with E-state index in [1.165, 1.54) is 0 Å². The molecular formula is C16H17NO4. The molecule has 2 aliphatic rings. The van der Waals surface area contributed by atoms with Crippen molar-refractivity contribution in [3.8, 4) is 0 Å². The van der Waals surface area contributed by atoms with Crippen molar-refractivity contribution < 1.29 is 19.4 Å². The van der Waals surface area contributed by atoms with Gasteiger partial charge in [-0.2, -0.15) is 0 Å². The predicted molar refractivity (Wildman–Crippen MR) is 75.6 cm³/mol. The molecule has 0 unspecified atom stereocenters. The number of amides is 1. The summed E-state index contributed by atoms with van der Waals surface area (Å²) in [4.78, 5) is 23.6. The molecule has 1 amide bonds. The summed E-state index contributed by atoms with van der Waals surface area (Å²) in [6, 6.07) is 9.84. The molecule has 110 valence electrons. The normalized spacial score (nSPS) is 29.5. The van der Waals surface area contributed by atoms with E-state index in [2.05, 4.69) is 5.32 Å². The van der Waals surface area contributed by atoms with Crippen LogP contribution in [0.15, 0.2) is 42.5 Å². The van der Waals surface area contributed by atoms with Gasteiger partial charge in [-0.15, -0.1) is 0 Å². The summed E-state index contributed by atoms with van der Waals surface area (Å²) < 4.78 is 5.49. The molecule has 2 bridgehead atoms. The number of benzene rings is 1.